The minimum absolute atomic E-state index is 0.956. The largest absolute Gasteiger partial charge is 0.309 e. The number of aryl methyl sites for hydroxylation is 1. The quantitative estimate of drug-likeness (QED) is 0.167. The van der Waals surface area contributed by atoms with Gasteiger partial charge in [0.25, 0.3) is 0 Å². The molecule has 0 aliphatic carbocycles. The Morgan fingerprint density at radius 3 is 1.32 bits per heavy atom. The summed E-state index contributed by atoms with van der Waals surface area (Å²) in [5.41, 5.74) is 17.0. The molecule has 0 aliphatic rings. The van der Waals surface area contributed by atoms with E-state index in [-0.39, 0.29) is 0 Å². The molecule has 11 aromatic rings. The number of pyridine rings is 1. The predicted molar refractivity (Wildman–Crippen MR) is 239 cm³/mol. The van der Waals surface area contributed by atoms with Crippen LogP contribution in [0.4, 0.5) is 0 Å². The molecule has 268 valence electrons. The number of aromatic nitrogens is 3. The van der Waals surface area contributed by atoms with Crippen LogP contribution in [0.2, 0.25) is 0 Å². The fraction of sp³-hybridized carbons (Fsp3) is 0.0185. The summed E-state index contributed by atoms with van der Waals surface area (Å²) >= 11 is 0. The maximum Gasteiger partial charge on any atom is 0.0715 e. The third kappa shape index (κ3) is 5.63. The van der Waals surface area contributed by atoms with Crippen molar-refractivity contribution in [1.29, 1.82) is 0 Å². The molecule has 3 heteroatoms. The number of nitrogens with zero attached hydrogens (tertiary/aromatic N) is 3. The molecule has 0 saturated carbocycles. The highest BCUT2D eigenvalue weighted by Gasteiger charge is 2.17. The molecule has 0 N–H and O–H groups in total. The molecule has 8 aromatic carbocycles. The summed E-state index contributed by atoms with van der Waals surface area (Å²) in [4.78, 5) is 5.14. The summed E-state index contributed by atoms with van der Waals surface area (Å²) in [5, 5.41) is 4.98. The molecule has 0 amide bonds. The lowest BCUT2D eigenvalue weighted by molar-refractivity contribution is 1.17. The Morgan fingerprint density at radius 2 is 0.754 bits per heavy atom. The van der Waals surface area contributed by atoms with Gasteiger partial charge >= 0.3 is 0 Å². The topological polar surface area (TPSA) is 22.8 Å². The fourth-order valence-corrected chi connectivity index (χ4v) is 8.59. The summed E-state index contributed by atoms with van der Waals surface area (Å²) in [6.45, 7) is 2.14. The number of rotatable bonds is 6. The number of para-hydroxylation sites is 2. The monoisotopic (exact) mass is 727 g/mol. The van der Waals surface area contributed by atoms with Crippen molar-refractivity contribution in [3.05, 3.63) is 212 Å². The Balaban J connectivity index is 1.08. The van der Waals surface area contributed by atoms with E-state index >= 15 is 0 Å². The van der Waals surface area contributed by atoms with Crippen molar-refractivity contribution >= 4 is 43.6 Å². The summed E-state index contributed by atoms with van der Waals surface area (Å²) < 4.78 is 4.83. The van der Waals surface area contributed by atoms with Gasteiger partial charge in [-0.2, -0.15) is 0 Å². The van der Waals surface area contributed by atoms with Gasteiger partial charge in [0.05, 0.1) is 33.5 Å². The highest BCUT2D eigenvalue weighted by atomic mass is 15.0. The first-order valence-corrected chi connectivity index (χ1v) is 19.5. The molecule has 0 saturated heterocycles. The lowest BCUT2D eigenvalue weighted by Crippen LogP contribution is -1.96. The number of hydrogen-bond acceptors (Lipinski definition) is 1. The van der Waals surface area contributed by atoms with Gasteiger partial charge in [-0.25, -0.2) is 4.98 Å². The van der Waals surface area contributed by atoms with E-state index in [0.717, 1.165) is 39.3 Å². The van der Waals surface area contributed by atoms with E-state index in [1.807, 2.05) is 0 Å². The van der Waals surface area contributed by atoms with Gasteiger partial charge in [-0.15, -0.1) is 0 Å². The van der Waals surface area contributed by atoms with Gasteiger partial charge in [0.1, 0.15) is 0 Å². The van der Waals surface area contributed by atoms with Crippen LogP contribution in [0.25, 0.3) is 99.8 Å². The van der Waals surface area contributed by atoms with Gasteiger partial charge < -0.3 is 9.13 Å². The van der Waals surface area contributed by atoms with Crippen LogP contribution >= 0.6 is 0 Å². The average molecular weight is 728 g/mol. The first-order valence-electron chi connectivity index (χ1n) is 19.5. The van der Waals surface area contributed by atoms with Gasteiger partial charge in [-0.1, -0.05) is 151 Å². The molecule has 11 rings (SSSR count). The van der Waals surface area contributed by atoms with Crippen LogP contribution in [-0.2, 0) is 0 Å². The highest BCUT2D eigenvalue weighted by molar-refractivity contribution is 6.12. The van der Waals surface area contributed by atoms with E-state index < -0.39 is 0 Å². The molecule has 0 aliphatic heterocycles. The fourth-order valence-electron chi connectivity index (χ4n) is 8.59. The zero-order valence-electron chi connectivity index (χ0n) is 31.5. The van der Waals surface area contributed by atoms with E-state index in [9.17, 15) is 0 Å². The van der Waals surface area contributed by atoms with Crippen LogP contribution in [0.3, 0.4) is 0 Å². The summed E-state index contributed by atoms with van der Waals surface area (Å²) in [6.07, 6.45) is 0. The zero-order valence-corrected chi connectivity index (χ0v) is 31.5. The van der Waals surface area contributed by atoms with Crippen molar-refractivity contribution in [2.45, 2.75) is 6.92 Å². The number of hydrogen-bond donors (Lipinski definition) is 0. The molecule has 3 heterocycles. The van der Waals surface area contributed by atoms with Crippen molar-refractivity contribution in [3.8, 4) is 56.1 Å². The lowest BCUT2D eigenvalue weighted by Gasteiger charge is -2.13. The van der Waals surface area contributed by atoms with Crippen molar-refractivity contribution in [3.63, 3.8) is 0 Å². The summed E-state index contributed by atoms with van der Waals surface area (Å²) in [6, 6.07) is 74.5. The van der Waals surface area contributed by atoms with Gasteiger partial charge in [0.15, 0.2) is 0 Å². The molecule has 3 nitrogen and oxygen atoms in total. The summed E-state index contributed by atoms with van der Waals surface area (Å²) in [5.74, 6) is 0. The van der Waals surface area contributed by atoms with E-state index in [2.05, 4.69) is 222 Å². The molecular weight excluding hydrogens is 691 g/mol. The Kier molecular flexibility index (Phi) is 7.71. The minimum atomic E-state index is 0.956. The average Bonchev–Trinajstić information content (AvgIpc) is 3.79. The molecule has 0 spiro atoms. The van der Waals surface area contributed by atoms with Crippen LogP contribution in [0, 0.1) is 6.92 Å². The zero-order chi connectivity index (χ0) is 37.9. The Hall–Kier alpha value is -7.49. The molecule has 57 heavy (non-hydrogen) atoms. The van der Waals surface area contributed by atoms with Crippen LogP contribution in [-0.4, -0.2) is 14.1 Å². The van der Waals surface area contributed by atoms with Crippen molar-refractivity contribution < 1.29 is 0 Å². The standard InChI is InChI=1S/C54H37N3/c1-36-23-27-43(28-24-36)56-51-21-10-8-19-45(51)47-29-25-40(34-53(47)56)41-26-30-48-46-20-9-11-22-52(46)57(54(48)35-41)44-18-12-17-39(31-44)42-32-49(37-13-4-2-5-14-37)55-50(33-42)38-15-6-3-7-16-38/h2-35H,1H3. The maximum atomic E-state index is 5.14. The van der Waals surface area contributed by atoms with Gasteiger partial charge in [0, 0.05) is 44.0 Å². The Labute approximate surface area is 331 Å². The smallest absolute Gasteiger partial charge is 0.0715 e. The SMILES string of the molecule is Cc1ccc(-n2c3ccccc3c3ccc(-c4ccc5c6ccccc6n(-c6cccc(-c7cc(-c8ccccc8)nc(-c8ccccc8)c7)c6)c5c4)cc32)cc1. The first kappa shape index (κ1) is 32.9. The molecule has 0 radical (unpaired) electrons. The maximum absolute atomic E-state index is 5.14. The van der Waals surface area contributed by atoms with Gasteiger partial charge in [-0.3, -0.25) is 0 Å². The van der Waals surface area contributed by atoms with Crippen molar-refractivity contribution in [1.82, 2.24) is 14.1 Å². The van der Waals surface area contributed by atoms with Crippen molar-refractivity contribution in [2.75, 3.05) is 0 Å². The van der Waals surface area contributed by atoms with Crippen LogP contribution in [0.15, 0.2) is 206 Å². The second-order valence-electron chi connectivity index (χ2n) is 14.9. The molecule has 0 unspecified atom stereocenters. The number of benzene rings is 8. The van der Waals surface area contributed by atoms with Crippen LogP contribution < -0.4 is 0 Å². The van der Waals surface area contributed by atoms with Crippen LogP contribution in [0.5, 0.6) is 0 Å². The molecular formula is C54H37N3. The second-order valence-corrected chi connectivity index (χ2v) is 14.9. The Bertz CT molecular complexity index is 3220. The minimum Gasteiger partial charge on any atom is -0.309 e. The molecule has 3 aromatic heterocycles. The normalized spacial score (nSPS) is 11.6. The van der Waals surface area contributed by atoms with Gasteiger partial charge in [-0.05, 0) is 89.8 Å². The van der Waals surface area contributed by atoms with Crippen molar-refractivity contribution in [2.24, 2.45) is 0 Å². The first-order chi connectivity index (χ1) is 28.2. The number of fused-ring (bicyclic) bond motifs is 6. The van der Waals surface area contributed by atoms with Gasteiger partial charge in [0.2, 0.25) is 0 Å². The summed E-state index contributed by atoms with van der Waals surface area (Å²) in [7, 11) is 0. The van der Waals surface area contributed by atoms with E-state index in [0.29, 0.717) is 0 Å². The van der Waals surface area contributed by atoms with Crippen LogP contribution in [0.1, 0.15) is 5.56 Å². The lowest BCUT2D eigenvalue weighted by atomic mass is 9.99. The molecule has 0 atom stereocenters. The van der Waals surface area contributed by atoms with E-state index in [1.54, 1.807) is 0 Å². The van der Waals surface area contributed by atoms with E-state index in [4.69, 9.17) is 4.98 Å². The third-order valence-corrected chi connectivity index (χ3v) is 11.4. The van der Waals surface area contributed by atoms with E-state index in [1.165, 1.54) is 66.0 Å². The third-order valence-electron chi connectivity index (χ3n) is 11.4. The second kappa shape index (κ2) is 13.4. The predicted octanol–water partition coefficient (Wildman–Crippen LogP) is 14.3. The molecule has 0 bridgehead atoms. The molecule has 0 fully saturated rings. The Morgan fingerprint density at radius 1 is 0.298 bits per heavy atom. The highest BCUT2D eigenvalue weighted by Crippen LogP contribution is 2.39.